The van der Waals surface area contributed by atoms with E-state index in [9.17, 15) is 13.2 Å². The van der Waals surface area contributed by atoms with E-state index in [0.29, 0.717) is 5.75 Å². The van der Waals surface area contributed by atoms with Crippen LogP contribution in [0.2, 0.25) is 0 Å². The highest BCUT2D eigenvalue weighted by Gasteiger charge is 2.27. The maximum atomic E-state index is 12.6. The summed E-state index contributed by atoms with van der Waals surface area (Å²) < 4.78 is 30.1. The van der Waals surface area contributed by atoms with Gasteiger partial charge in [-0.15, -0.1) is 0 Å². The van der Waals surface area contributed by atoms with E-state index in [4.69, 9.17) is 9.94 Å². The van der Waals surface area contributed by atoms with Gasteiger partial charge in [0.2, 0.25) is 5.91 Å². The summed E-state index contributed by atoms with van der Waals surface area (Å²) in [6, 6.07) is 15.0. The highest BCUT2D eigenvalue weighted by molar-refractivity contribution is 7.91. The summed E-state index contributed by atoms with van der Waals surface area (Å²) in [5, 5.41) is 8.91. The molecule has 1 atom stereocenters. The van der Waals surface area contributed by atoms with Gasteiger partial charge in [0.1, 0.15) is 5.75 Å². The van der Waals surface area contributed by atoms with Crippen molar-refractivity contribution in [3.05, 3.63) is 60.2 Å². The van der Waals surface area contributed by atoms with E-state index < -0.39 is 27.4 Å². The van der Waals surface area contributed by atoms with Crippen LogP contribution in [0, 0.1) is 5.92 Å². The first-order valence-corrected chi connectivity index (χ1v) is 8.96. The number of nitrogens with one attached hydrogen (secondary N) is 1. The normalized spacial score (nSPS) is 12.4. The highest BCUT2D eigenvalue weighted by Crippen LogP contribution is 2.20. The summed E-state index contributed by atoms with van der Waals surface area (Å²) >= 11 is 0. The molecule has 1 unspecified atom stereocenters. The van der Waals surface area contributed by atoms with Gasteiger partial charge in [0.25, 0.3) is 0 Å². The third-order valence-corrected chi connectivity index (χ3v) is 5.48. The largest absolute Gasteiger partial charge is 0.497 e. The Balaban J connectivity index is 2.22. The van der Waals surface area contributed by atoms with Crippen molar-refractivity contribution in [2.75, 3.05) is 12.9 Å². The predicted octanol–water partition coefficient (Wildman–Crippen LogP) is 1.83. The Bertz CT molecular complexity index is 772. The summed E-state index contributed by atoms with van der Waals surface area (Å²) in [6.07, 6.45) is 0.211. The zero-order valence-corrected chi connectivity index (χ0v) is 14.0. The monoisotopic (exact) mass is 349 g/mol. The van der Waals surface area contributed by atoms with Crippen molar-refractivity contribution < 1.29 is 23.2 Å². The van der Waals surface area contributed by atoms with Gasteiger partial charge in [-0.3, -0.25) is 10.0 Å². The van der Waals surface area contributed by atoms with Crippen molar-refractivity contribution in [2.45, 2.75) is 11.3 Å². The van der Waals surface area contributed by atoms with Crippen molar-refractivity contribution in [3.63, 3.8) is 0 Å². The van der Waals surface area contributed by atoms with E-state index in [-0.39, 0.29) is 11.3 Å². The number of hydroxylamine groups is 1. The number of sulfone groups is 1. The first-order valence-electron chi connectivity index (χ1n) is 7.31. The maximum Gasteiger partial charge on any atom is 0.247 e. The number of amides is 1. The van der Waals surface area contributed by atoms with Crippen LogP contribution in [-0.2, 0) is 21.1 Å². The van der Waals surface area contributed by atoms with Crippen LogP contribution in [0.5, 0.6) is 5.75 Å². The molecule has 0 saturated heterocycles. The molecule has 2 aromatic carbocycles. The number of ether oxygens (including phenoxy) is 1. The van der Waals surface area contributed by atoms with Gasteiger partial charge in [-0.1, -0.05) is 30.3 Å². The number of rotatable bonds is 7. The number of carbonyl (C=O) groups is 1. The third kappa shape index (κ3) is 4.56. The van der Waals surface area contributed by atoms with E-state index in [2.05, 4.69) is 0 Å². The molecule has 0 radical (unpaired) electrons. The van der Waals surface area contributed by atoms with Crippen LogP contribution >= 0.6 is 0 Å². The summed E-state index contributed by atoms with van der Waals surface area (Å²) in [7, 11) is -2.20. The Morgan fingerprint density at radius 2 is 1.75 bits per heavy atom. The zero-order valence-electron chi connectivity index (χ0n) is 13.2. The molecule has 2 N–H and O–H groups in total. The fourth-order valence-corrected chi connectivity index (χ4v) is 3.90. The summed E-state index contributed by atoms with van der Waals surface area (Å²) in [6.45, 7) is 0. The standard InChI is InChI=1S/C17H19NO5S/c1-23-15-7-9-16(10-8-15)24(21,22)12-14(17(19)18-20)11-13-5-3-2-4-6-13/h2-10,14,20H,11-12H2,1H3,(H,18,19). The Morgan fingerprint density at radius 3 is 2.29 bits per heavy atom. The fraction of sp³-hybridized carbons (Fsp3) is 0.235. The summed E-state index contributed by atoms with van der Waals surface area (Å²) in [4.78, 5) is 12.0. The molecule has 24 heavy (non-hydrogen) atoms. The third-order valence-electron chi connectivity index (χ3n) is 3.65. The molecule has 0 bridgehead atoms. The first kappa shape index (κ1) is 18.0. The second-order valence-corrected chi connectivity index (χ2v) is 7.35. The van der Waals surface area contributed by atoms with Crippen LogP contribution in [0.4, 0.5) is 0 Å². The summed E-state index contributed by atoms with van der Waals surface area (Å²) in [5.74, 6) is -1.48. The number of carbonyl (C=O) groups excluding carboxylic acids is 1. The molecule has 1 amide bonds. The van der Waals surface area contributed by atoms with E-state index in [1.54, 1.807) is 41.9 Å². The first-order chi connectivity index (χ1) is 11.5. The molecule has 0 aliphatic carbocycles. The average Bonchev–Trinajstić information content (AvgIpc) is 2.61. The SMILES string of the molecule is COc1ccc(S(=O)(=O)CC(Cc2ccccc2)C(=O)NO)cc1. The molecule has 0 spiro atoms. The molecular weight excluding hydrogens is 330 g/mol. The lowest BCUT2D eigenvalue weighted by molar-refractivity contribution is -0.132. The van der Waals surface area contributed by atoms with Crippen molar-refractivity contribution in [3.8, 4) is 5.75 Å². The van der Waals surface area contributed by atoms with Crippen LogP contribution in [0.3, 0.4) is 0 Å². The lowest BCUT2D eigenvalue weighted by Crippen LogP contribution is -2.34. The zero-order chi connectivity index (χ0) is 17.6. The fourth-order valence-electron chi connectivity index (χ4n) is 2.36. The molecule has 2 rings (SSSR count). The second kappa shape index (κ2) is 7.94. The molecule has 128 valence electrons. The predicted molar refractivity (Wildman–Crippen MR) is 88.6 cm³/mol. The molecule has 0 aliphatic heterocycles. The molecule has 0 aliphatic rings. The van der Waals surface area contributed by atoms with Gasteiger partial charge in [-0.05, 0) is 36.2 Å². The number of benzene rings is 2. The van der Waals surface area contributed by atoms with E-state index >= 15 is 0 Å². The Hall–Kier alpha value is -2.38. The molecule has 0 aromatic heterocycles. The topological polar surface area (TPSA) is 92.7 Å². The lowest BCUT2D eigenvalue weighted by atomic mass is 10.0. The van der Waals surface area contributed by atoms with Crippen LogP contribution < -0.4 is 10.2 Å². The highest BCUT2D eigenvalue weighted by atomic mass is 32.2. The van der Waals surface area contributed by atoms with Crippen LogP contribution in [0.25, 0.3) is 0 Å². The van der Waals surface area contributed by atoms with E-state index in [1.165, 1.54) is 19.2 Å². The van der Waals surface area contributed by atoms with Gasteiger partial charge in [-0.2, -0.15) is 0 Å². The second-order valence-electron chi connectivity index (χ2n) is 5.32. The minimum atomic E-state index is -3.69. The molecule has 2 aromatic rings. The summed E-state index contributed by atoms with van der Waals surface area (Å²) in [5.41, 5.74) is 2.37. The van der Waals surface area contributed by atoms with Crippen LogP contribution in [0.1, 0.15) is 5.56 Å². The Morgan fingerprint density at radius 1 is 1.12 bits per heavy atom. The lowest BCUT2D eigenvalue weighted by Gasteiger charge is -2.15. The van der Waals surface area contributed by atoms with E-state index in [1.807, 2.05) is 6.07 Å². The molecule has 0 fully saturated rings. The smallest absolute Gasteiger partial charge is 0.247 e. The number of hydrogen-bond acceptors (Lipinski definition) is 5. The number of hydrogen-bond donors (Lipinski definition) is 2. The van der Waals surface area contributed by atoms with Crippen LogP contribution in [0.15, 0.2) is 59.5 Å². The quantitative estimate of drug-likeness (QED) is 0.588. The molecular formula is C17H19NO5S. The van der Waals surface area contributed by atoms with Gasteiger partial charge in [0.15, 0.2) is 9.84 Å². The van der Waals surface area contributed by atoms with Gasteiger partial charge >= 0.3 is 0 Å². The van der Waals surface area contributed by atoms with Gasteiger partial charge in [-0.25, -0.2) is 13.9 Å². The van der Waals surface area contributed by atoms with Crippen molar-refractivity contribution in [2.24, 2.45) is 5.92 Å². The van der Waals surface area contributed by atoms with Crippen LogP contribution in [-0.4, -0.2) is 32.4 Å². The molecule has 0 saturated carbocycles. The Labute approximate surface area is 141 Å². The minimum Gasteiger partial charge on any atom is -0.497 e. The molecule has 7 heteroatoms. The van der Waals surface area contributed by atoms with Crippen molar-refractivity contribution in [1.29, 1.82) is 0 Å². The van der Waals surface area contributed by atoms with Crippen molar-refractivity contribution >= 4 is 15.7 Å². The average molecular weight is 349 g/mol. The molecule has 0 heterocycles. The van der Waals surface area contributed by atoms with Gasteiger partial charge in [0.05, 0.1) is 23.7 Å². The molecule has 6 nitrogen and oxygen atoms in total. The van der Waals surface area contributed by atoms with E-state index in [0.717, 1.165) is 5.56 Å². The van der Waals surface area contributed by atoms with Gasteiger partial charge < -0.3 is 4.74 Å². The Kier molecular flexibility index (Phi) is 5.94. The van der Waals surface area contributed by atoms with Crippen molar-refractivity contribution in [1.82, 2.24) is 5.48 Å². The minimum absolute atomic E-state index is 0.104. The number of methoxy groups -OCH3 is 1. The van der Waals surface area contributed by atoms with Gasteiger partial charge in [0, 0.05) is 0 Å². The maximum absolute atomic E-state index is 12.6.